The van der Waals surface area contributed by atoms with E-state index in [9.17, 15) is 4.79 Å². The number of fused-ring (bicyclic) bond motifs is 2. The van der Waals surface area contributed by atoms with E-state index in [1.165, 1.54) is 0 Å². The number of pyridine rings is 1. The molecule has 1 aliphatic rings. The molecule has 1 amide bonds. The first-order valence-electron chi connectivity index (χ1n) is 8.90. The van der Waals surface area contributed by atoms with Crippen molar-refractivity contribution in [1.82, 2.24) is 25.0 Å². The number of imidazole rings is 1. The molecule has 140 valence electrons. The van der Waals surface area contributed by atoms with Gasteiger partial charge < -0.3 is 19.1 Å². The van der Waals surface area contributed by atoms with Crippen molar-refractivity contribution in [3.8, 4) is 5.75 Å². The van der Waals surface area contributed by atoms with Gasteiger partial charge in [0.2, 0.25) is 11.4 Å². The molecule has 0 spiro atoms. The number of hydrogen-bond donors (Lipinski definition) is 1. The number of hydrogen-bond acceptors (Lipinski definition) is 6. The zero-order valence-corrected chi connectivity index (χ0v) is 15.1. The predicted molar refractivity (Wildman–Crippen MR) is 100.0 cm³/mol. The Kier molecular flexibility index (Phi) is 3.82. The number of methoxy groups -OCH3 is 1. The number of nitrogens with zero attached hydrogens (tertiary/aromatic N) is 4. The van der Waals surface area contributed by atoms with Crippen LogP contribution in [0.25, 0.3) is 11.0 Å². The Hall–Kier alpha value is -3.68. The summed E-state index contributed by atoms with van der Waals surface area (Å²) >= 11 is 0. The van der Waals surface area contributed by atoms with Crippen LogP contribution in [0.4, 0.5) is 0 Å². The highest BCUT2D eigenvalue weighted by Crippen LogP contribution is 2.33. The molecule has 0 aliphatic carbocycles. The minimum absolute atomic E-state index is 0.0443. The molecule has 4 aromatic rings. The first-order valence-corrected chi connectivity index (χ1v) is 8.90. The zero-order valence-electron chi connectivity index (χ0n) is 15.1. The van der Waals surface area contributed by atoms with Crippen molar-refractivity contribution in [3.63, 3.8) is 0 Å². The third kappa shape index (κ3) is 2.61. The molecule has 8 heteroatoms. The van der Waals surface area contributed by atoms with Gasteiger partial charge in [-0.25, -0.2) is 9.97 Å². The smallest absolute Gasteiger partial charge is 0.293 e. The van der Waals surface area contributed by atoms with Gasteiger partial charge in [-0.2, -0.15) is 0 Å². The van der Waals surface area contributed by atoms with Gasteiger partial charge >= 0.3 is 0 Å². The standard InChI is InChI=1S/C20H17N5O3/c1-27-13-6-4-12(5-7-13)15-9-25(10-16-17(15)23-11-22-16)20(26)18-14-3-2-8-21-19(14)24-28-18/h2-8,11,15H,9-10H2,1H3,(H,22,23). The zero-order chi connectivity index (χ0) is 19.1. The van der Waals surface area contributed by atoms with E-state index < -0.39 is 0 Å². The van der Waals surface area contributed by atoms with E-state index in [4.69, 9.17) is 9.26 Å². The first kappa shape index (κ1) is 16.5. The molecule has 0 bridgehead atoms. The van der Waals surface area contributed by atoms with Crippen LogP contribution in [0.1, 0.15) is 33.4 Å². The molecule has 1 atom stereocenters. The van der Waals surface area contributed by atoms with Gasteiger partial charge in [0.15, 0.2) is 0 Å². The van der Waals surface area contributed by atoms with Crippen LogP contribution in [0.3, 0.4) is 0 Å². The first-order chi connectivity index (χ1) is 13.7. The summed E-state index contributed by atoms with van der Waals surface area (Å²) in [5.41, 5.74) is 3.37. The fourth-order valence-corrected chi connectivity index (χ4v) is 3.66. The quantitative estimate of drug-likeness (QED) is 0.591. The molecule has 0 saturated carbocycles. The van der Waals surface area contributed by atoms with Gasteiger partial charge in [0.1, 0.15) is 5.75 Å². The Morgan fingerprint density at radius 2 is 2.11 bits per heavy atom. The molecule has 8 nitrogen and oxygen atoms in total. The van der Waals surface area contributed by atoms with Crippen molar-refractivity contribution in [2.75, 3.05) is 13.7 Å². The summed E-state index contributed by atoms with van der Waals surface area (Å²) < 4.78 is 10.6. The van der Waals surface area contributed by atoms with Crippen molar-refractivity contribution >= 4 is 16.9 Å². The van der Waals surface area contributed by atoms with E-state index >= 15 is 0 Å². The topological polar surface area (TPSA) is 97.1 Å². The molecule has 28 heavy (non-hydrogen) atoms. The highest BCUT2D eigenvalue weighted by molar-refractivity contribution is 6.02. The van der Waals surface area contributed by atoms with Gasteiger partial charge in [0, 0.05) is 18.7 Å². The van der Waals surface area contributed by atoms with Crippen LogP contribution in [-0.4, -0.2) is 44.6 Å². The molecular formula is C20H17N5O3. The Morgan fingerprint density at radius 1 is 1.25 bits per heavy atom. The minimum Gasteiger partial charge on any atom is -0.497 e. The van der Waals surface area contributed by atoms with Gasteiger partial charge in [-0.15, -0.1) is 0 Å². The molecule has 0 radical (unpaired) electrons. The van der Waals surface area contributed by atoms with Crippen molar-refractivity contribution in [3.05, 3.63) is 71.6 Å². The van der Waals surface area contributed by atoms with Crippen LogP contribution in [0.5, 0.6) is 5.75 Å². The summed E-state index contributed by atoms with van der Waals surface area (Å²) in [6, 6.07) is 11.4. The molecule has 1 N–H and O–H groups in total. The fourth-order valence-electron chi connectivity index (χ4n) is 3.66. The summed E-state index contributed by atoms with van der Waals surface area (Å²) in [6.45, 7) is 0.925. The van der Waals surface area contributed by atoms with E-state index in [2.05, 4.69) is 20.1 Å². The number of carbonyl (C=O) groups is 1. The molecule has 1 unspecified atom stereocenters. The van der Waals surface area contributed by atoms with Crippen LogP contribution < -0.4 is 4.74 Å². The van der Waals surface area contributed by atoms with Gasteiger partial charge in [-0.1, -0.05) is 17.3 Å². The minimum atomic E-state index is -0.214. The number of benzene rings is 1. The lowest BCUT2D eigenvalue weighted by molar-refractivity contribution is 0.0682. The molecule has 1 aliphatic heterocycles. The maximum absolute atomic E-state index is 13.2. The number of ether oxygens (including phenoxy) is 1. The maximum atomic E-state index is 13.2. The highest BCUT2D eigenvalue weighted by atomic mass is 16.5. The third-order valence-electron chi connectivity index (χ3n) is 5.09. The van der Waals surface area contributed by atoms with E-state index in [1.54, 1.807) is 36.7 Å². The average Bonchev–Trinajstić information content (AvgIpc) is 3.39. The lowest BCUT2D eigenvalue weighted by atomic mass is 9.90. The second kappa shape index (κ2) is 6.49. The number of aromatic amines is 1. The number of H-pyrrole nitrogens is 1. The SMILES string of the molecule is COc1ccc(C2CN(C(=O)c3onc4ncccc34)Cc3[nH]cnc32)cc1. The Balaban J connectivity index is 1.50. The van der Waals surface area contributed by atoms with E-state index in [1.807, 2.05) is 24.3 Å². The average molecular weight is 375 g/mol. The van der Waals surface area contributed by atoms with Gasteiger partial charge in [-0.05, 0) is 29.8 Å². The van der Waals surface area contributed by atoms with E-state index in [0.29, 0.717) is 24.1 Å². The monoisotopic (exact) mass is 375 g/mol. The normalized spacial score (nSPS) is 16.2. The van der Waals surface area contributed by atoms with Crippen LogP contribution >= 0.6 is 0 Å². The summed E-state index contributed by atoms with van der Waals surface area (Å²) in [5, 5.41) is 4.51. The van der Waals surface area contributed by atoms with Crippen molar-refractivity contribution in [1.29, 1.82) is 0 Å². The summed E-state index contributed by atoms with van der Waals surface area (Å²) in [6.07, 6.45) is 3.29. The lowest BCUT2D eigenvalue weighted by Crippen LogP contribution is -2.38. The molecule has 0 saturated heterocycles. The lowest BCUT2D eigenvalue weighted by Gasteiger charge is -2.31. The van der Waals surface area contributed by atoms with Crippen molar-refractivity contribution in [2.24, 2.45) is 0 Å². The third-order valence-corrected chi connectivity index (χ3v) is 5.09. The van der Waals surface area contributed by atoms with Crippen LogP contribution in [-0.2, 0) is 6.54 Å². The maximum Gasteiger partial charge on any atom is 0.293 e. The highest BCUT2D eigenvalue weighted by Gasteiger charge is 2.33. The van der Waals surface area contributed by atoms with Crippen molar-refractivity contribution < 1.29 is 14.1 Å². The fraction of sp³-hybridized carbons (Fsp3) is 0.200. The molecule has 5 rings (SSSR count). The molecular weight excluding hydrogens is 358 g/mol. The Bertz CT molecular complexity index is 1150. The number of amides is 1. The molecule has 3 aromatic heterocycles. The van der Waals surface area contributed by atoms with Crippen LogP contribution in [0.2, 0.25) is 0 Å². The number of aromatic nitrogens is 4. The Labute approximate surface area is 160 Å². The van der Waals surface area contributed by atoms with Crippen molar-refractivity contribution in [2.45, 2.75) is 12.5 Å². The molecule has 4 heterocycles. The number of rotatable bonds is 3. The second-order valence-electron chi connectivity index (χ2n) is 6.66. The predicted octanol–water partition coefficient (Wildman–Crippen LogP) is 2.74. The second-order valence-corrected chi connectivity index (χ2v) is 6.66. The largest absolute Gasteiger partial charge is 0.497 e. The van der Waals surface area contributed by atoms with E-state index in [-0.39, 0.29) is 17.6 Å². The van der Waals surface area contributed by atoms with Gasteiger partial charge in [0.05, 0.1) is 36.8 Å². The van der Waals surface area contributed by atoms with Gasteiger partial charge in [-0.3, -0.25) is 4.79 Å². The van der Waals surface area contributed by atoms with Crippen LogP contribution in [0, 0.1) is 0 Å². The number of carbonyl (C=O) groups excluding carboxylic acids is 1. The molecule has 1 aromatic carbocycles. The molecule has 0 fully saturated rings. The summed E-state index contributed by atoms with van der Waals surface area (Å²) in [5.74, 6) is 0.737. The van der Waals surface area contributed by atoms with E-state index in [0.717, 1.165) is 22.7 Å². The number of nitrogens with one attached hydrogen (secondary N) is 1. The summed E-state index contributed by atoms with van der Waals surface area (Å²) in [4.78, 5) is 26.7. The van der Waals surface area contributed by atoms with Gasteiger partial charge in [0.25, 0.3) is 5.91 Å². The Morgan fingerprint density at radius 3 is 2.93 bits per heavy atom. The van der Waals surface area contributed by atoms with Crippen LogP contribution in [0.15, 0.2) is 53.4 Å². The summed E-state index contributed by atoms with van der Waals surface area (Å²) in [7, 11) is 1.64.